The van der Waals surface area contributed by atoms with Crippen LogP contribution in [0.5, 0.6) is 0 Å². The number of pyridine rings is 1. The van der Waals surface area contributed by atoms with Crippen molar-refractivity contribution in [1.82, 2.24) is 10.3 Å². The molecule has 126 valence electrons. The molecule has 0 unspecified atom stereocenters. The smallest absolute Gasteiger partial charge is 0.251 e. The van der Waals surface area contributed by atoms with Gasteiger partial charge in [-0.1, -0.05) is 24.3 Å². The minimum absolute atomic E-state index is 0.195. The molecule has 1 amide bonds. The molecular formula is C21H14N2O3. The molecule has 0 spiro atoms. The normalized spacial score (nSPS) is 12.3. The lowest BCUT2D eigenvalue weighted by Crippen LogP contribution is -2.25. The van der Waals surface area contributed by atoms with Gasteiger partial charge in [-0.05, 0) is 35.9 Å². The van der Waals surface area contributed by atoms with Gasteiger partial charge in [0.05, 0.1) is 0 Å². The Hall–Kier alpha value is -3.60. The van der Waals surface area contributed by atoms with Gasteiger partial charge in [0, 0.05) is 46.8 Å². The Morgan fingerprint density at radius 1 is 0.808 bits per heavy atom. The zero-order valence-electron chi connectivity index (χ0n) is 13.7. The summed E-state index contributed by atoms with van der Waals surface area (Å²) in [5, 5.41) is 2.80. The Labute approximate surface area is 149 Å². The first-order valence-corrected chi connectivity index (χ1v) is 8.15. The lowest BCUT2D eigenvalue weighted by molar-refractivity contribution is 0.0948. The monoisotopic (exact) mass is 342 g/mol. The Kier molecular flexibility index (Phi) is 3.89. The molecule has 2 aromatic carbocycles. The quantitative estimate of drug-likeness (QED) is 0.621. The average Bonchev–Trinajstić information content (AvgIpc) is 2.70. The van der Waals surface area contributed by atoms with Crippen LogP contribution in [0.1, 0.15) is 47.8 Å². The predicted molar refractivity (Wildman–Crippen MR) is 95.2 cm³/mol. The molecule has 0 saturated heterocycles. The first-order chi connectivity index (χ1) is 12.6. The summed E-state index contributed by atoms with van der Waals surface area (Å²) in [6, 6.07) is 15.0. The van der Waals surface area contributed by atoms with Crippen LogP contribution in [-0.2, 0) is 6.54 Å². The standard InChI is InChI=1S/C21H14N2O3/c24-19-15-3-1-2-4-16(15)20(25)18-11-14(5-6-17(18)19)21(26)23-12-13-7-9-22-10-8-13/h1-11H,12H2,(H,23,26). The van der Waals surface area contributed by atoms with Crippen LogP contribution in [0.2, 0.25) is 0 Å². The van der Waals surface area contributed by atoms with Gasteiger partial charge in [-0.25, -0.2) is 0 Å². The summed E-state index contributed by atoms with van der Waals surface area (Å²) in [6.07, 6.45) is 3.31. The van der Waals surface area contributed by atoms with Crippen LogP contribution in [0.4, 0.5) is 0 Å². The van der Waals surface area contributed by atoms with E-state index in [1.807, 2.05) is 12.1 Å². The van der Waals surface area contributed by atoms with Crippen LogP contribution < -0.4 is 5.32 Å². The third kappa shape index (κ3) is 2.69. The van der Waals surface area contributed by atoms with E-state index >= 15 is 0 Å². The van der Waals surface area contributed by atoms with Crippen LogP contribution in [-0.4, -0.2) is 22.5 Å². The average molecular weight is 342 g/mol. The van der Waals surface area contributed by atoms with Gasteiger partial charge >= 0.3 is 0 Å². The highest BCUT2D eigenvalue weighted by Gasteiger charge is 2.29. The molecule has 0 saturated carbocycles. The number of aromatic nitrogens is 1. The molecule has 5 nitrogen and oxygen atoms in total. The van der Waals surface area contributed by atoms with Crippen LogP contribution in [0.3, 0.4) is 0 Å². The van der Waals surface area contributed by atoms with E-state index in [0.29, 0.717) is 28.8 Å². The molecule has 1 heterocycles. The first kappa shape index (κ1) is 15.9. The second-order valence-electron chi connectivity index (χ2n) is 6.00. The first-order valence-electron chi connectivity index (χ1n) is 8.15. The number of benzene rings is 2. The fourth-order valence-electron chi connectivity index (χ4n) is 3.03. The molecule has 1 aliphatic rings. The zero-order chi connectivity index (χ0) is 18.1. The van der Waals surface area contributed by atoms with Gasteiger partial charge in [0.25, 0.3) is 5.91 Å². The molecule has 0 aliphatic heterocycles. The lowest BCUT2D eigenvalue weighted by atomic mass is 9.83. The van der Waals surface area contributed by atoms with E-state index in [9.17, 15) is 14.4 Å². The molecule has 4 rings (SSSR count). The van der Waals surface area contributed by atoms with Crippen molar-refractivity contribution < 1.29 is 14.4 Å². The molecule has 1 aliphatic carbocycles. The van der Waals surface area contributed by atoms with Gasteiger partial charge in [0.2, 0.25) is 0 Å². The minimum Gasteiger partial charge on any atom is -0.348 e. The van der Waals surface area contributed by atoms with Crippen LogP contribution in [0, 0.1) is 0 Å². The molecule has 1 N–H and O–H groups in total. The van der Waals surface area contributed by atoms with Crippen molar-refractivity contribution in [1.29, 1.82) is 0 Å². The molecule has 1 aromatic heterocycles. The summed E-state index contributed by atoms with van der Waals surface area (Å²) in [5.41, 5.74) is 2.65. The molecule has 0 bridgehead atoms. The Bertz CT molecular complexity index is 1040. The Morgan fingerprint density at radius 3 is 2.12 bits per heavy atom. The number of ketones is 2. The molecule has 0 fully saturated rings. The van der Waals surface area contributed by atoms with Crippen molar-refractivity contribution in [3.8, 4) is 0 Å². The van der Waals surface area contributed by atoms with Gasteiger partial charge in [0.1, 0.15) is 0 Å². The van der Waals surface area contributed by atoms with E-state index in [-0.39, 0.29) is 23.0 Å². The van der Waals surface area contributed by atoms with E-state index in [1.54, 1.807) is 48.8 Å². The van der Waals surface area contributed by atoms with E-state index in [4.69, 9.17) is 0 Å². The van der Waals surface area contributed by atoms with Crippen molar-refractivity contribution in [3.63, 3.8) is 0 Å². The zero-order valence-corrected chi connectivity index (χ0v) is 13.7. The van der Waals surface area contributed by atoms with Crippen LogP contribution in [0.25, 0.3) is 0 Å². The van der Waals surface area contributed by atoms with Crippen molar-refractivity contribution in [2.45, 2.75) is 6.54 Å². The largest absolute Gasteiger partial charge is 0.348 e. The molecule has 0 atom stereocenters. The maximum Gasteiger partial charge on any atom is 0.251 e. The molecule has 0 radical (unpaired) electrons. The number of hydrogen-bond acceptors (Lipinski definition) is 4. The van der Waals surface area contributed by atoms with Crippen molar-refractivity contribution in [3.05, 3.63) is 100 Å². The summed E-state index contributed by atoms with van der Waals surface area (Å²) >= 11 is 0. The fraction of sp³-hybridized carbons (Fsp3) is 0.0476. The highest BCUT2D eigenvalue weighted by Crippen LogP contribution is 2.27. The fourth-order valence-corrected chi connectivity index (χ4v) is 3.03. The van der Waals surface area contributed by atoms with Crippen LogP contribution >= 0.6 is 0 Å². The summed E-state index contributed by atoms with van der Waals surface area (Å²) in [6.45, 7) is 0.355. The minimum atomic E-state index is -0.302. The van der Waals surface area contributed by atoms with Gasteiger partial charge in [-0.3, -0.25) is 19.4 Å². The number of fused-ring (bicyclic) bond motifs is 2. The van der Waals surface area contributed by atoms with E-state index < -0.39 is 0 Å². The van der Waals surface area contributed by atoms with E-state index in [1.165, 1.54) is 6.07 Å². The number of amides is 1. The third-order valence-electron chi connectivity index (χ3n) is 4.39. The molecule has 5 heteroatoms. The number of nitrogens with one attached hydrogen (secondary N) is 1. The van der Waals surface area contributed by atoms with Gasteiger partial charge in [-0.15, -0.1) is 0 Å². The number of rotatable bonds is 3. The summed E-state index contributed by atoms with van der Waals surface area (Å²) in [7, 11) is 0. The Balaban J connectivity index is 1.62. The second kappa shape index (κ2) is 6.37. The lowest BCUT2D eigenvalue weighted by Gasteiger charge is -2.18. The van der Waals surface area contributed by atoms with E-state index in [2.05, 4.69) is 10.3 Å². The topological polar surface area (TPSA) is 76.1 Å². The van der Waals surface area contributed by atoms with Crippen molar-refractivity contribution in [2.24, 2.45) is 0 Å². The molecule has 26 heavy (non-hydrogen) atoms. The van der Waals surface area contributed by atoms with Gasteiger partial charge < -0.3 is 5.32 Å². The number of carbonyl (C=O) groups excluding carboxylic acids is 3. The summed E-state index contributed by atoms with van der Waals surface area (Å²) < 4.78 is 0. The van der Waals surface area contributed by atoms with Crippen LogP contribution in [0.15, 0.2) is 67.0 Å². The maximum absolute atomic E-state index is 12.7. The van der Waals surface area contributed by atoms with E-state index in [0.717, 1.165) is 5.56 Å². The number of hydrogen-bond donors (Lipinski definition) is 1. The predicted octanol–water partition coefficient (Wildman–Crippen LogP) is 2.79. The number of carbonyl (C=O) groups is 3. The third-order valence-corrected chi connectivity index (χ3v) is 4.39. The second-order valence-corrected chi connectivity index (χ2v) is 6.00. The molecule has 3 aromatic rings. The maximum atomic E-state index is 12.7. The highest BCUT2D eigenvalue weighted by atomic mass is 16.2. The summed E-state index contributed by atoms with van der Waals surface area (Å²) in [5.74, 6) is -0.735. The van der Waals surface area contributed by atoms with Crippen molar-refractivity contribution in [2.75, 3.05) is 0 Å². The number of nitrogens with zero attached hydrogens (tertiary/aromatic N) is 1. The highest BCUT2D eigenvalue weighted by molar-refractivity contribution is 6.28. The SMILES string of the molecule is O=C(NCc1ccncc1)c1ccc2c(c1)C(=O)c1ccccc1C2=O. The van der Waals surface area contributed by atoms with Gasteiger partial charge in [0.15, 0.2) is 11.6 Å². The van der Waals surface area contributed by atoms with Crippen molar-refractivity contribution >= 4 is 17.5 Å². The molecular weight excluding hydrogens is 328 g/mol. The summed E-state index contributed by atoms with van der Waals surface area (Å²) in [4.78, 5) is 41.6. The Morgan fingerprint density at radius 2 is 1.42 bits per heavy atom. The van der Waals surface area contributed by atoms with Gasteiger partial charge in [-0.2, -0.15) is 0 Å².